The van der Waals surface area contributed by atoms with Crippen molar-refractivity contribution in [1.82, 2.24) is 9.79 Å². The van der Waals surface area contributed by atoms with Gasteiger partial charge in [0.2, 0.25) is 0 Å². The molecule has 0 heterocycles. The largest absolute Gasteiger partial charge is 0.351 e. The van der Waals surface area contributed by atoms with Gasteiger partial charge in [0.25, 0.3) is 15.9 Å². The summed E-state index contributed by atoms with van der Waals surface area (Å²) in [6.07, 6.45) is 5.65. The second-order valence-corrected chi connectivity index (χ2v) is 9.95. The van der Waals surface area contributed by atoms with E-state index in [0.29, 0.717) is 12.1 Å². The van der Waals surface area contributed by atoms with Gasteiger partial charge in [0.1, 0.15) is 0 Å². The van der Waals surface area contributed by atoms with Gasteiger partial charge in [0.15, 0.2) is 0 Å². The lowest BCUT2D eigenvalue weighted by molar-refractivity contribution is -0.0258. The van der Waals surface area contributed by atoms with Gasteiger partial charge >= 0.3 is 0 Å². The fraction of sp³-hybridized carbons (Fsp3) is 0.435. The molecule has 1 aliphatic rings. The molecule has 1 amide bonds. The highest BCUT2D eigenvalue weighted by molar-refractivity contribution is 7.89. The van der Waals surface area contributed by atoms with Crippen LogP contribution < -0.4 is 5.32 Å². The van der Waals surface area contributed by atoms with Crippen LogP contribution in [0.15, 0.2) is 53.4 Å². The molecule has 1 aliphatic carbocycles. The highest BCUT2D eigenvalue weighted by Gasteiger charge is 2.34. The summed E-state index contributed by atoms with van der Waals surface area (Å²) in [7, 11) is -1.12. The maximum Gasteiger partial charge on any atom is 0.264 e. The number of hydrogen-bond acceptors (Lipinski definition) is 4. The SMILES string of the molecule is CON(C)S(=O)(=O)c1ccc(C(=O)NCC2(c3cccc(C)c3)CCCCC2)cc1. The third kappa shape index (κ3) is 4.74. The predicted octanol–water partition coefficient (Wildman–Crippen LogP) is 3.81. The highest BCUT2D eigenvalue weighted by Crippen LogP contribution is 2.39. The fourth-order valence-electron chi connectivity index (χ4n) is 4.15. The molecule has 2 aromatic rings. The maximum atomic E-state index is 12.8. The summed E-state index contributed by atoms with van der Waals surface area (Å²) in [5.74, 6) is -0.198. The van der Waals surface area contributed by atoms with Crippen molar-refractivity contribution in [3.63, 3.8) is 0 Å². The van der Waals surface area contributed by atoms with E-state index in [9.17, 15) is 13.2 Å². The first kappa shape index (κ1) is 22.5. The highest BCUT2D eigenvalue weighted by atomic mass is 32.2. The third-order valence-electron chi connectivity index (χ3n) is 6.04. The van der Waals surface area contributed by atoms with Crippen molar-refractivity contribution in [2.45, 2.75) is 49.3 Å². The number of carbonyl (C=O) groups is 1. The zero-order valence-electron chi connectivity index (χ0n) is 17.8. The molecular weight excluding hydrogens is 400 g/mol. The Morgan fingerprint density at radius 3 is 2.37 bits per heavy atom. The van der Waals surface area contributed by atoms with Gasteiger partial charge in [0, 0.05) is 24.6 Å². The summed E-state index contributed by atoms with van der Waals surface area (Å²) >= 11 is 0. The number of hydroxylamine groups is 1. The van der Waals surface area contributed by atoms with Gasteiger partial charge in [-0.2, -0.15) is 0 Å². The van der Waals surface area contributed by atoms with E-state index in [1.54, 1.807) is 0 Å². The van der Waals surface area contributed by atoms with E-state index in [4.69, 9.17) is 4.84 Å². The van der Waals surface area contributed by atoms with E-state index in [-0.39, 0.29) is 16.2 Å². The van der Waals surface area contributed by atoms with Crippen LogP contribution in [0.1, 0.15) is 53.6 Å². The van der Waals surface area contributed by atoms with E-state index in [2.05, 4.69) is 36.5 Å². The van der Waals surface area contributed by atoms with E-state index in [1.807, 2.05) is 0 Å². The number of carbonyl (C=O) groups excluding carboxylic acids is 1. The van der Waals surface area contributed by atoms with Gasteiger partial charge in [-0.25, -0.2) is 8.42 Å². The summed E-state index contributed by atoms with van der Waals surface area (Å²) in [6.45, 7) is 2.66. The number of rotatable bonds is 7. The molecule has 0 saturated heterocycles. The molecule has 0 atom stereocenters. The van der Waals surface area contributed by atoms with Gasteiger partial charge in [-0.3, -0.25) is 9.63 Å². The summed E-state index contributed by atoms with van der Waals surface area (Å²) in [4.78, 5) is 17.6. The van der Waals surface area contributed by atoms with Crippen LogP contribution in [0.3, 0.4) is 0 Å². The topological polar surface area (TPSA) is 75.7 Å². The molecule has 0 spiro atoms. The van der Waals surface area contributed by atoms with Crippen LogP contribution in [0.4, 0.5) is 0 Å². The Morgan fingerprint density at radius 1 is 1.10 bits per heavy atom. The number of amides is 1. The standard InChI is InChI=1S/C23H30N2O4S/c1-18-8-7-9-20(16-18)23(14-5-4-6-15-23)17-24-22(26)19-10-12-21(13-11-19)30(27,28)25(2)29-3/h7-13,16H,4-6,14-15,17H2,1-3H3,(H,24,26). The molecule has 1 N–H and O–H groups in total. The Labute approximate surface area is 179 Å². The molecule has 6 nitrogen and oxygen atoms in total. The first-order valence-electron chi connectivity index (χ1n) is 10.3. The Balaban J connectivity index is 1.75. The maximum absolute atomic E-state index is 12.8. The van der Waals surface area contributed by atoms with Crippen LogP contribution >= 0.6 is 0 Å². The minimum atomic E-state index is -3.73. The molecule has 3 rings (SSSR count). The minimum absolute atomic E-state index is 0.0512. The van der Waals surface area contributed by atoms with Gasteiger partial charge in [-0.1, -0.05) is 53.6 Å². The number of nitrogens with zero attached hydrogens (tertiary/aromatic N) is 1. The monoisotopic (exact) mass is 430 g/mol. The fourth-order valence-corrected chi connectivity index (χ4v) is 5.12. The molecule has 1 saturated carbocycles. The van der Waals surface area contributed by atoms with Crippen LogP contribution in [0.5, 0.6) is 0 Å². The molecule has 2 aromatic carbocycles. The summed E-state index contributed by atoms with van der Waals surface area (Å²) in [5, 5.41) is 3.10. The number of aryl methyl sites for hydroxylation is 1. The Hall–Kier alpha value is -2.22. The lowest BCUT2D eigenvalue weighted by Gasteiger charge is -2.38. The Bertz CT molecular complexity index is 981. The molecule has 1 fully saturated rings. The molecule has 0 unspecified atom stereocenters. The summed E-state index contributed by atoms with van der Waals surface area (Å²) in [5.41, 5.74) is 2.89. The summed E-state index contributed by atoms with van der Waals surface area (Å²) < 4.78 is 25.4. The molecular formula is C23H30N2O4S. The summed E-state index contributed by atoms with van der Waals surface area (Å²) in [6, 6.07) is 14.5. The molecule has 162 valence electrons. The number of sulfonamides is 1. The molecule has 0 aliphatic heterocycles. The number of hydrogen-bond donors (Lipinski definition) is 1. The first-order chi connectivity index (χ1) is 14.3. The second kappa shape index (κ2) is 9.29. The van der Waals surface area contributed by atoms with E-state index in [0.717, 1.165) is 30.2 Å². The number of benzene rings is 2. The van der Waals surface area contributed by atoms with Crippen molar-refractivity contribution in [1.29, 1.82) is 0 Å². The van der Waals surface area contributed by atoms with Gasteiger partial charge in [0.05, 0.1) is 12.0 Å². The van der Waals surface area contributed by atoms with Crippen LogP contribution in [0.2, 0.25) is 0 Å². The van der Waals surface area contributed by atoms with E-state index in [1.165, 1.54) is 56.0 Å². The van der Waals surface area contributed by atoms with Crippen LogP contribution in [-0.2, 0) is 20.3 Å². The molecule has 0 radical (unpaired) electrons. The lowest BCUT2D eigenvalue weighted by Crippen LogP contribution is -2.42. The Morgan fingerprint density at radius 2 is 1.77 bits per heavy atom. The Kier molecular flexibility index (Phi) is 6.95. The third-order valence-corrected chi connectivity index (χ3v) is 7.73. The van der Waals surface area contributed by atoms with Crippen molar-refractivity contribution < 1.29 is 18.0 Å². The van der Waals surface area contributed by atoms with Crippen LogP contribution in [-0.4, -0.2) is 39.5 Å². The van der Waals surface area contributed by atoms with Crippen molar-refractivity contribution in [3.05, 3.63) is 65.2 Å². The predicted molar refractivity (Wildman–Crippen MR) is 117 cm³/mol. The second-order valence-electron chi connectivity index (χ2n) is 8.01. The van der Waals surface area contributed by atoms with Crippen LogP contribution in [0, 0.1) is 6.92 Å². The van der Waals surface area contributed by atoms with Crippen LogP contribution in [0.25, 0.3) is 0 Å². The van der Waals surface area contributed by atoms with Gasteiger partial charge < -0.3 is 5.32 Å². The van der Waals surface area contributed by atoms with Crippen molar-refractivity contribution in [2.75, 3.05) is 20.7 Å². The molecule has 7 heteroatoms. The zero-order valence-corrected chi connectivity index (χ0v) is 18.7. The normalized spacial score (nSPS) is 16.4. The van der Waals surface area contributed by atoms with E-state index >= 15 is 0 Å². The van der Waals surface area contributed by atoms with Crippen molar-refractivity contribution in [2.24, 2.45) is 0 Å². The smallest absolute Gasteiger partial charge is 0.264 e. The van der Waals surface area contributed by atoms with E-state index < -0.39 is 10.0 Å². The quantitative estimate of drug-likeness (QED) is 0.678. The van der Waals surface area contributed by atoms with Gasteiger partial charge in [-0.05, 0) is 49.6 Å². The molecule has 0 aromatic heterocycles. The lowest BCUT2D eigenvalue weighted by atomic mass is 9.69. The van der Waals surface area contributed by atoms with Crippen molar-refractivity contribution >= 4 is 15.9 Å². The first-order valence-corrected chi connectivity index (χ1v) is 11.7. The molecule has 0 bridgehead atoms. The molecule has 30 heavy (non-hydrogen) atoms. The number of nitrogens with one attached hydrogen (secondary N) is 1. The minimum Gasteiger partial charge on any atom is -0.351 e. The average molecular weight is 431 g/mol. The average Bonchev–Trinajstić information content (AvgIpc) is 2.77. The van der Waals surface area contributed by atoms with Gasteiger partial charge in [-0.15, -0.1) is 0 Å². The zero-order chi connectivity index (χ0) is 21.8. The van der Waals surface area contributed by atoms with Crippen molar-refractivity contribution in [3.8, 4) is 0 Å².